The molecule has 0 aliphatic rings. The molecule has 0 aliphatic heterocycles. The molecule has 0 spiro atoms. The van der Waals surface area contributed by atoms with Crippen LogP contribution in [0.15, 0.2) is 41.2 Å². The highest BCUT2D eigenvalue weighted by molar-refractivity contribution is 6.31. The van der Waals surface area contributed by atoms with Gasteiger partial charge in [0.2, 0.25) is 0 Å². The van der Waals surface area contributed by atoms with E-state index in [0.717, 1.165) is 5.56 Å². The predicted molar refractivity (Wildman–Crippen MR) is 92.6 cm³/mol. The van der Waals surface area contributed by atoms with Crippen molar-refractivity contribution < 1.29 is 9.21 Å². The molecule has 0 saturated heterocycles. The third kappa shape index (κ3) is 3.28. The van der Waals surface area contributed by atoms with E-state index >= 15 is 0 Å². The fourth-order valence-electron chi connectivity index (χ4n) is 2.61. The quantitative estimate of drug-likeness (QED) is 0.776. The molecule has 0 saturated carbocycles. The number of aromatic nitrogens is 2. The molecule has 0 unspecified atom stereocenters. The van der Waals surface area contributed by atoms with Crippen LogP contribution in [-0.4, -0.2) is 15.7 Å². The van der Waals surface area contributed by atoms with E-state index in [2.05, 4.69) is 10.4 Å². The van der Waals surface area contributed by atoms with Crippen molar-refractivity contribution >= 4 is 17.5 Å². The van der Waals surface area contributed by atoms with Crippen molar-refractivity contribution in [2.24, 2.45) is 0 Å². The van der Waals surface area contributed by atoms with E-state index in [0.29, 0.717) is 39.8 Å². The lowest BCUT2D eigenvalue weighted by Gasteiger charge is -2.07. The summed E-state index contributed by atoms with van der Waals surface area (Å²) in [5.41, 5.74) is 3.80. The van der Waals surface area contributed by atoms with Gasteiger partial charge in [0.1, 0.15) is 6.07 Å². The maximum absolute atomic E-state index is 12.5. The molecule has 25 heavy (non-hydrogen) atoms. The van der Waals surface area contributed by atoms with Crippen LogP contribution >= 0.6 is 11.6 Å². The average molecular weight is 355 g/mol. The normalized spacial score (nSPS) is 10.5. The van der Waals surface area contributed by atoms with Gasteiger partial charge >= 0.3 is 0 Å². The molecule has 1 amide bonds. The lowest BCUT2D eigenvalue weighted by atomic mass is 10.1. The zero-order chi connectivity index (χ0) is 18.0. The minimum absolute atomic E-state index is 0.206. The van der Waals surface area contributed by atoms with E-state index < -0.39 is 0 Å². The molecule has 3 rings (SSSR count). The number of halogens is 1. The van der Waals surface area contributed by atoms with Crippen molar-refractivity contribution in [2.45, 2.75) is 20.4 Å². The molecular weight excluding hydrogens is 340 g/mol. The maximum atomic E-state index is 12.5. The fourth-order valence-corrected chi connectivity index (χ4v) is 2.83. The first-order valence-corrected chi connectivity index (χ1v) is 7.94. The number of nitriles is 1. The lowest BCUT2D eigenvalue weighted by Crippen LogP contribution is -2.23. The molecule has 0 bridgehead atoms. The zero-order valence-electron chi connectivity index (χ0n) is 13.7. The Hall–Kier alpha value is -3.04. The highest BCUT2D eigenvalue weighted by atomic mass is 35.5. The van der Waals surface area contributed by atoms with Gasteiger partial charge in [0, 0.05) is 12.1 Å². The molecule has 0 radical (unpaired) electrons. The van der Waals surface area contributed by atoms with E-state index in [1.807, 2.05) is 13.0 Å². The highest BCUT2D eigenvalue weighted by Crippen LogP contribution is 2.23. The van der Waals surface area contributed by atoms with Gasteiger partial charge < -0.3 is 9.73 Å². The lowest BCUT2D eigenvalue weighted by molar-refractivity contribution is 0.0949. The van der Waals surface area contributed by atoms with Crippen LogP contribution in [-0.2, 0) is 6.54 Å². The monoisotopic (exact) mass is 354 g/mol. The van der Waals surface area contributed by atoms with Crippen LogP contribution in [0.3, 0.4) is 0 Å². The maximum Gasteiger partial charge on any atom is 0.255 e. The topological polar surface area (TPSA) is 83.8 Å². The number of hydrogen-bond acceptors (Lipinski definition) is 4. The largest absolute Gasteiger partial charge is 0.472 e. The second kappa shape index (κ2) is 6.83. The summed E-state index contributed by atoms with van der Waals surface area (Å²) in [5.74, 6) is -0.206. The number of benzene rings is 1. The third-order valence-corrected chi connectivity index (χ3v) is 4.18. The summed E-state index contributed by atoms with van der Waals surface area (Å²) in [6.45, 7) is 3.97. The van der Waals surface area contributed by atoms with Crippen molar-refractivity contribution in [3.05, 3.63) is 69.9 Å². The molecule has 0 atom stereocenters. The van der Waals surface area contributed by atoms with Gasteiger partial charge in [-0.25, -0.2) is 4.68 Å². The number of rotatable bonds is 4. The van der Waals surface area contributed by atoms with Crippen LogP contribution in [0.5, 0.6) is 0 Å². The Morgan fingerprint density at radius 3 is 2.84 bits per heavy atom. The molecule has 6 nitrogen and oxygen atoms in total. The molecule has 7 heteroatoms. The summed E-state index contributed by atoms with van der Waals surface area (Å²) < 4.78 is 6.64. The number of amides is 1. The number of aryl methyl sites for hydroxylation is 1. The van der Waals surface area contributed by atoms with E-state index in [4.69, 9.17) is 21.3 Å². The number of carbonyl (C=O) groups excluding carboxylic acids is 1. The molecule has 126 valence electrons. The SMILES string of the molecule is Cc1nn(-c2ccc(C#N)c(Cl)c2)c(C)c1C(=O)NCc1ccoc1. The smallest absolute Gasteiger partial charge is 0.255 e. The minimum Gasteiger partial charge on any atom is -0.472 e. The van der Waals surface area contributed by atoms with Crippen LogP contribution in [0.2, 0.25) is 5.02 Å². The van der Waals surface area contributed by atoms with Crippen LogP contribution in [0.4, 0.5) is 0 Å². The molecule has 0 fully saturated rings. The Kier molecular flexibility index (Phi) is 4.59. The first-order chi connectivity index (χ1) is 12.0. The fraction of sp³-hybridized carbons (Fsp3) is 0.167. The van der Waals surface area contributed by atoms with E-state index in [1.165, 1.54) is 0 Å². The number of nitrogens with zero attached hydrogens (tertiary/aromatic N) is 3. The average Bonchev–Trinajstić information content (AvgIpc) is 3.20. The van der Waals surface area contributed by atoms with E-state index in [9.17, 15) is 4.79 Å². The first-order valence-electron chi connectivity index (χ1n) is 7.56. The highest BCUT2D eigenvalue weighted by Gasteiger charge is 2.19. The molecular formula is C18H15ClN4O2. The zero-order valence-corrected chi connectivity index (χ0v) is 14.5. The molecule has 3 aromatic rings. The number of hydrogen-bond donors (Lipinski definition) is 1. The van der Waals surface area contributed by atoms with Crippen LogP contribution in [0.1, 0.15) is 32.9 Å². The van der Waals surface area contributed by atoms with Gasteiger partial charge in [0.15, 0.2) is 0 Å². The third-order valence-electron chi connectivity index (χ3n) is 3.87. The second-order valence-electron chi connectivity index (χ2n) is 5.55. The van der Waals surface area contributed by atoms with Gasteiger partial charge in [-0.05, 0) is 38.1 Å². The van der Waals surface area contributed by atoms with E-state index in [1.54, 1.807) is 48.4 Å². The van der Waals surface area contributed by atoms with Gasteiger partial charge in [-0.2, -0.15) is 10.4 Å². The van der Waals surface area contributed by atoms with Crippen LogP contribution in [0, 0.1) is 25.2 Å². The Balaban J connectivity index is 1.89. The van der Waals surface area contributed by atoms with Gasteiger partial charge in [-0.1, -0.05) is 11.6 Å². The Morgan fingerprint density at radius 1 is 1.40 bits per heavy atom. The van der Waals surface area contributed by atoms with Gasteiger partial charge in [-0.15, -0.1) is 0 Å². The van der Waals surface area contributed by atoms with Crippen molar-refractivity contribution in [2.75, 3.05) is 0 Å². The van der Waals surface area contributed by atoms with Crippen molar-refractivity contribution in [3.63, 3.8) is 0 Å². The van der Waals surface area contributed by atoms with Crippen LogP contribution < -0.4 is 5.32 Å². The van der Waals surface area contributed by atoms with Crippen molar-refractivity contribution in [3.8, 4) is 11.8 Å². The summed E-state index contributed by atoms with van der Waals surface area (Å²) >= 11 is 6.10. The summed E-state index contributed by atoms with van der Waals surface area (Å²) in [6, 6.07) is 8.85. The number of furan rings is 1. The molecule has 1 aromatic carbocycles. The molecule has 0 aliphatic carbocycles. The second-order valence-corrected chi connectivity index (χ2v) is 5.96. The molecule has 2 aromatic heterocycles. The summed E-state index contributed by atoms with van der Waals surface area (Å²) in [7, 11) is 0. The summed E-state index contributed by atoms with van der Waals surface area (Å²) in [5, 5.41) is 16.6. The minimum atomic E-state index is -0.206. The van der Waals surface area contributed by atoms with E-state index in [-0.39, 0.29) is 5.91 Å². The Bertz CT molecular complexity index is 968. The molecule has 1 N–H and O–H groups in total. The van der Waals surface area contributed by atoms with Crippen LogP contribution in [0.25, 0.3) is 5.69 Å². The van der Waals surface area contributed by atoms with Crippen molar-refractivity contribution in [1.29, 1.82) is 5.26 Å². The van der Waals surface area contributed by atoms with Gasteiger partial charge in [0.25, 0.3) is 5.91 Å². The molecule has 2 heterocycles. The van der Waals surface area contributed by atoms with Gasteiger partial charge in [0.05, 0.1) is 45.8 Å². The number of carbonyl (C=O) groups is 1. The number of nitrogens with one attached hydrogen (secondary N) is 1. The van der Waals surface area contributed by atoms with Gasteiger partial charge in [-0.3, -0.25) is 4.79 Å². The Morgan fingerprint density at radius 2 is 2.20 bits per heavy atom. The predicted octanol–water partition coefficient (Wildman–Crippen LogP) is 3.54. The summed E-state index contributed by atoms with van der Waals surface area (Å²) in [6.07, 6.45) is 3.15. The van der Waals surface area contributed by atoms with Crippen molar-refractivity contribution in [1.82, 2.24) is 15.1 Å². The first kappa shape index (κ1) is 16.8. The Labute approximate surface area is 149 Å². The standard InChI is InChI=1S/C18H15ClN4O2/c1-11-17(18(24)21-9-13-5-6-25-10-13)12(2)23(22-11)15-4-3-14(8-20)16(19)7-15/h3-7,10H,9H2,1-2H3,(H,21,24). The summed E-state index contributed by atoms with van der Waals surface area (Å²) in [4.78, 5) is 12.5.